The quantitative estimate of drug-likeness (QED) is 0.228. The number of aliphatic hydroxyl groups is 1. The van der Waals surface area contributed by atoms with Crippen LogP contribution in [0.15, 0.2) is 30.3 Å². The van der Waals surface area contributed by atoms with Gasteiger partial charge in [0.15, 0.2) is 0 Å². The fraction of sp³-hybridized carbons (Fsp3) is 0.750. The van der Waals surface area contributed by atoms with Crippen LogP contribution in [0.4, 0.5) is 5.69 Å². The minimum atomic E-state index is -0.970. The van der Waals surface area contributed by atoms with Crippen molar-refractivity contribution in [3.05, 3.63) is 30.3 Å². The summed E-state index contributed by atoms with van der Waals surface area (Å²) < 4.78 is 0. The first-order valence-corrected chi connectivity index (χ1v) is 13.7. The average molecular weight is 460 g/mol. The summed E-state index contributed by atoms with van der Waals surface area (Å²) in [6.07, 6.45) is 16.1. The van der Waals surface area contributed by atoms with Gasteiger partial charge in [-0.2, -0.15) is 0 Å². The molecule has 188 valence electrons. The van der Waals surface area contributed by atoms with Gasteiger partial charge in [-0.3, -0.25) is 9.80 Å². The number of anilines is 1. The van der Waals surface area contributed by atoms with E-state index in [0.717, 1.165) is 44.3 Å². The number of hydrazine groups is 1. The number of para-hydroxylation sites is 1. The lowest BCUT2D eigenvalue weighted by Crippen LogP contribution is -2.58. The molecule has 1 aliphatic rings. The summed E-state index contributed by atoms with van der Waals surface area (Å²) in [5.41, 5.74) is 7.32. The monoisotopic (exact) mass is 459 g/mol. The van der Waals surface area contributed by atoms with Crippen molar-refractivity contribution in [3.63, 3.8) is 0 Å². The van der Waals surface area contributed by atoms with Crippen LogP contribution in [0.3, 0.4) is 0 Å². The minimum absolute atomic E-state index is 0.0470. The smallest absolute Gasteiger partial charge is 0.270 e. The van der Waals surface area contributed by atoms with Crippen molar-refractivity contribution in [2.45, 2.75) is 128 Å². The van der Waals surface area contributed by atoms with Crippen LogP contribution < -0.4 is 10.7 Å². The van der Waals surface area contributed by atoms with Crippen molar-refractivity contribution in [1.82, 2.24) is 5.01 Å². The van der Waals surface area contributed by atoms with Crippen LogP contribution in [-0.4, -0.2) is 40.8 Å². The molecule has 5 heteroatoms. The Morgan fingerprint density at radius 1 is 0.970 bits per heavy atom. The van der Waals surface area contributed by atoms with Gasteiger partial charge in [-0.25, -0.2) is 5.01 Å². The number of carbonyl (C=O) groups is 1. The van der Waals surface area contributed by atoms with Crippen LogP contribution in [0.1, 0.15) is 110 Å². The molecule has 0 heterocycles. The van der Waals surface area contributed by atoms with E-state index in [1.165, 1.54) is 57.8 Å². The number of nitrogens with two attached hydrogens (primary N) is 1. The lowest BCUT2D eigenvalue weighted by atomic mass is 9.91. The summed E-state index contributed by atoms with van der Waals surface area (Å²) in [6, 6.07) is 10.3. The number of nitrogens with zero attached hydrogens (tertiary/aromatic N) is 2. The molecule has 0 bridgehead atoms. The van der Waals surface area contributed by atoms with Crippen molar-refractivity contribution in [2.24, 2.45) is 5.73 Å². The van der Waals surface area contributed by atoms with E-state index >= 15 is 0 Å². The number of hydrogen-bond acceptors (Lipinski definition) is 4. The molecule has 1 fully saturated rings. The van der Waals surface area contributed by atoms with Gasteiger partial charge in [-0.1, -0.05) is 89.8 Å². The molecule has 33 heavy (non-hydrogen) atoms. The number of aliphatic hydroxyl groups excluding tert-OH is 1. The molecule has 0 aromatic heterocycles. The Morgan fingerprint density at radius 3 is 2.15 bits per heavy atom. The van der Waals surface area contributed by atoms with Crippen molar-refractivity contribution >= 4 is 11.6 Å². The van der Waals surface area contributed by atoms with Crippen LogP contribution in [0.2, 0.25) is 0 Å². The third-order valence-electron chi connectivity index (χ3n) is 6.97. The first-order chi connectivity index (χ1) is 16.1. The third-order valence-corrected chi connectivity index (χ3v) is 6.97. The largest absolute Gasteiger partial charge is 0.383 e. The Labute approximate surface area is 202 Å². The topological polar surface area (TPSA) is 69.8 Å². The fourth-order valence-electron chi connectivity index (χ4n) is 4.96. The van der Waals surface area contributed by atoms with Crippen LogP contribution in [0.5, 0.6) is 0 Å². The Balaban J connectivity index is 2.00. The van der Waals surface area contributed by atoms with Gasteiger partial charge in [-0.15, -0.1) is 0 Å². The lowest BCUT2D eigenvalue weighted by Gasteiger charge is -2.45. The molecule has 5 nitrogen and oxygen atoms in total. The highest BCUT2D eigenvalue weighted by molar-refractivity contribution is 5.82. The maximum absolute atomic E-state index is 13.4. The first kappa shape index (κ1) is 27.7. The molecule has 3 atom stereocenters. The second kappa shape index (κ2) is 16.1. The molecule has 3 N–H and O–H groups in total. The molecule has 2 unspecified atom stereocenters. The number of amides is 1. The van der Waals surface area contributed by atoms with Crippen molar-refractivity contribution in [2.75, 3.05) is 11.6 Å². The first-order valence-electron chi connectivity index (χ1n) is 13.7. The molecule has 1 amide bonds. The van der Waals surface area contributed by atoms with Crippen molar-refractivity contribution in [1.29, 1.82) is 0 Å². The second-order valence-corrected chi connectivity index (χ2v) is 9.83. The molecule has 2 rings (SSSR count). The molecule has 0 saturated heterocycles. The van der Waals surface area contributed by atoms with Gasteiger partial charge in [0.25, 0.3) is 5.91 Å². The summed E-state index contributed by atoms with van der Waals surface area (Å²) in [7, 11) is 0. The SMILES string of the molecule is CCCCCCCCCCCCN(c1ccccc1)N(C(=O)C(O)CC)C1CCC[C@@H](N)C1. The molecule has 1 aromatic rings. The van der Waals surface area contributed by atoms with E-state index in [1.807, 2.05) is 30.1 Å². The van der Waals surface area contributed by atoms with E-state index in [4.69, 9.17) is 5.73 Å². The molecule has 1 saturated carbocycles. The van der Waals surface area contributed by atoms with Crippen LogP contribution in [-0.2, 0) is 4.79 Å². The fourth-order valence-corrected chi connectivity index (χ4v) is 4.96. The molecule has 1 aromatic carbocycles. The van der Waals surface area contributed by atoms with Crippen molar-refractivity contribution < 1.29 is 9.90 Å². The summed E-state index contributed by atoms with van der Waals surface area (Å²) in [6.45, 7) is 4.91. The Bertz CT molecular complexity index is 639. The molecule has 0 radical (unpaired) electrons. The van der Waals surface area contributed by atoms with Gasteiger partial charge < -0.3 is 10.8 Å². The molecular formula is C28H49N3O2. The zero-order valence-corrected chi connectivity index (χ0v) is 21.3. The predicted molar refractivity (Wildman–Crippen MR) is 139 cm³/mol. The standard InChI is InChI=1S/C28H49N3O2/c1-3-5-6-7-8-9-10-11-12-16-22-30(25-19-14-13-15-20-25)31(28(33)27(32)4-2)26-21-17-18-24(29)23-26/h13-15,19-20,24,26-27,32H,3-12,16-18,21-23,29H2,1-2H3/t24-,26?,27?/m1/s1. The second-order valence-electron chi connectivity index (χ2n) is 9.83. The Kier molecular flexibility index (Phi) is 13.5. The van der Waals surface area contributed by atoms with E-state index in [1.54, 1.807) is 0 Å². The average Bonchev–Trinajstić information content (AvgIpc) is 2.84. The number of benzene rings is 1. The summed E-state index contributed by atoms with van der Waals surface area (Å²) in [4.78, 5) is 13.4. The maximum atomic E-state index is 13.4. The zero-order valence-electron chi connectivity index (χ0n) is 21.3. The highest BCUT2D eigenvalue weighted by Gasteiger charge is 2.35. The normalized spacial score (nSPS) is 19.3. The Morgan fingerprint density at radius 2 is 1.58 bits per heavy atom. The lowest BCUT2D eigenvalue weighted by molar-refractivity contribution is -0.144. The number of rotatable bonds is 16. The highest BCUT2D eigenvalue weighted by atomic mass is 16.3. The third kappa shape index (κ3) is 9.66. The molecule has 1 aliphatic carbocycles. The number of carbonyl (C=O) groups excluding carboxylic acids is 1. The van der Waals surface area contributed by atoms with E-state index in [0.29, 0.717) is 6.42 Å². The number of unbranched alkanes of at least 4 members (excludes halogenated alkanes) is 9. The van der Waals surface area contributed by atoms with Gasteiger partial charge in [0.2, 0.25) is 0 Å². The minimum Gasteiger partial charge on any atom is -0.383 e. The Hall–Kier alpha value is -1.59. The van der Waals surface area contributed by atoms with E-state index in [-0.39, 0.29) is 18.0 Å². The molecule has 0 spiro atoms. The van der Waals surface area contributed by atoms with E-state index in [2.05, 4.69) is 24.1 Å². The van der Waals surface area contributed by atoms with E-state index in [9.17, 15) is 9.90 Å². The predicted octanol–water partition coefficient (Wildman–Crippen LogP) is 6.20. The van der Waals surface area contributed by atoms with E-state index < -0.39 is 6.10 Å². The van der Waals surface area contributed by atoms with Crippen LogP contribution in [0.25, 0.3) is 0 Å². The summed E-state index contributed by atoms with van der Waals surface area (Å²) in [5.74, 6) is -0.187. The molecular weight excluding hydrogens is 410 g/mol. The van der Waals surface area contributed by atoms with Gasteiger partial charge >= 0.3 is 0 Å². The van der Waals surface area contributed by atoms with Gasteiger partial charge in [-0.05, 0) is 50.7 Å². The van der Waals surface area contributed by atoms with Crippen LogP contribution >= 0.6 is 0 Å². The molecule has 0 aliphatic heterocycles. The van der Waals surface area contributed by atoms with Gasteiger partial charge in [0, 0.05) is 12.6 Å². The van der Waals surface area contributed by atoms with Gasteiger partial charge in [0.1, 0.15) is 6.10 Å². The number of hydrogen-bond donors (Lipinski definition) is 2. The summed E-state index contributed by atoms with van der Waals surface area (Å²) in [5, 5.41) is 14.5. The summed E-state index contributed by atoms with van der Waals surface area (Å²) >= 11 is 0. The van der Waals surface area contributed by atoms with Crippen LogP contribution in [0, 0.1) is 0 Å². The van der Waals surface area contributed by atoms with Crippen molar-refractivity contribution in [3.8, 4) is 0 Å². The highest BCUT2D eigenvalue weighted by Crippen LogP contribution is 2.28. The van der Waals surface area contributed by atoms with Gasteiger partial charge in [0.05, 0.1) is 11.7 Å². The maximum Gasteiger partial charge on any atom is 0.270 e. The zero-order chi connectivity index (χ0) is 23.9.